The highest BCUT2D eigenvalue weighted by Crippen LogP contribution is 2.48. The van der Waals surface area contributed by atoms with E-state index < -0.39 is 5.92 Å². The Hall–Kier alpha value is -3.13. The molecule has 5 rings (SSSR count). The Morgan fingerprint density at radius 2 is 1.97 bits per heavy atom. The van der Waals surface area contributed by atoms with Gasteiger partial charge in [0.1, 0.15) is 5.82 Å². The number of allylic oxidation sites excluding steroid dienone is 3. The quantitative estimate of drug-likeness (QED) is 0.616. The first kappa shape index (κ1) is 21.7. The van der Waals surface area contributed by atoms with Crippen LogP contribution < -0.4 is 20.1 Å². The van der Waals surface area contributed by atoms with E-state index in [2.05, 4.69) is 45.4 Å². The van der Waals surface area contributed by atoms with Crippen LogP contribution in [-0.2, 0) is 9.59 Å². The average Bonchev–Trinajstić information content (AvgIpc) is 3.21. The van der Waals surface area contributed by atoms with E-state index in [1.807, 2.05) is 31.2 Å². The molecule has 3 heterocycles. The molecule has 1 aromatic carbocycles. The molecule has 2 aromatic rings. The Morgan fingerprint density at radius 1 is 1.18 bits per heavy atom. The standard InChI is InChI=1S/C25H24BrN3O4/c1-13-21(24(31)29-20-7-5-15(26)11-27-20)22(14-4-6-18-19(8-14)33-12-32-18)23-16(28-13)9-25(2,3)10-17(23)30/h4-8,11,22,28H,9-10,12H2,1-3H3,(H,27,29,31)/t22-/m1/s1. The second-order valence-electron chi connectivity index (χ2n) is 9.36. The molecule has 0 spiro atoms. The van der Waals surface area contributed by atoms with E-state index in [0.29, 0.717) is 34.9 Å². The molecule has 1 aliphatic carbocycles. The van der Waals surface area contributed by atoms with Crippen molar-refractivity contribution < 1.29 is 19.1 Å². The molecule has 0 unspecified atom stereocenters. The summed E-state index contributed by atoms with van der Waals surface area (Å²) in [7, 11) is 0. The number of dihydropyridines is 1. The van der Waals surface area contributed by atoms with E-state index in [1.54, 1.807) is 12.3 Å². The number of fused-ring (bicyclic) bond motifs is 1. The summed E-state index contributed by atoms with van der Waals surface area (Å²) in [4.78, 5) is 31.2. The van der Waals surface area contributed by atoms with Crippen LogP contribution in [0.2, 0.25) is 0 Å². The molecule has 3 aliphatic rings. The van der Waals surface area contributed by atoms with E-state index in [0.717, 1.165) is 27.9 Å². The van der Waals surface area contributed by atoms with Gasteiger partial charge in [0.25, 0.3) is 5.91 Å². The summed E-state index contributed by atoms with van der Waals surface area (Å²) < 4.78 is 11.9. The number of hydrogen-bond donors (Lipinski definition) is 2. The maximum atomic E-state index is 13.5. The molecule has 2 N–H and O–H groups in total. The lowest BCUT2D eigenvalue weighted by Gasteiger charge is -2.39. The topological polar surface area (TPSA) is 89.6 Å². The van der Waals surface area contributed by atoms with Gasteiger partial charge in [0.15, 0.2) is 17.3 Å². The maximum absolute atomic E-state index is 13.5. The number of nitrogens with one attached hydrogen (secondary N) is 2. The van der Waals surface area contributed by atoms with Crippen LogP contribution in [0.1, 0.15) is 45.1 Å². The number of amides is 1. The smallest absolute Gasteiger partial charge is 0.255 e. The number of carbonyl (C=O) groups is 2. The van der Waals surface area contributed by atoms with E-state index in [1.165, 1.54) is 0 Å². The van der Waals surface area contributed by atoms with Crippen molar-refractivity contribution in [2.24, 2.45) is 5.41 Å². The SMILES string of the molecule is CC1=C(C(=O)Nc2ccc(Br)cn2)[C@@H](c2ccc3c(c2)OCO3)C2=C(CC(C)(C)CC2=O)N1. The third kappa shape index (κ3) is 4.04. The zero-order chi connectivity index (χ0) is 23.3. The zero-order valence-corrected chi connectivity index (χ0v) is 20.2. The first-order valence-corrected chi connectivity index (χ1v) is 11.6. The number of anilines is 1. The van der Waals surface area contributed by atoms with Gasteiger partial charge in [-0.05, 0) is 64.5 Å². The number of hydrogen-bond acceptors (Lipinski definition) is 6. The molecule has 7 nitrogen and oxygen atoms in total. The Labute approximate surface area is 200 Å². The van der Waals surface area contributed by atoms with Crippen LogP contribution in [0.15, 0.2) is 63.5 Å². The lowest BCUT2D eigenvalue weighted by atomic mass is 9.68. The fourth-order valence-corrected chi connectivity index (χ4v) is 5.03. The van der Waals surface area contributed by atoms with Gasteiger partial charge in [-0.25, -0.2) is 4.98 Å². The number of aromatic nitrogens is 1. The highest BCUT2D eigenvalue weighted by atomic mass is 79.9. The number of halogens is 1. The number of pyridine rings is 1. The van der Waals surface area contributed by atoms with Crippen LogP contribution in [0, 0.1) is 5.41 Å². The number of ether oxygens (including phenoxy) is 2. The van der Waals surface area contributed by atoms with E-state index >= 15 is 0 Å². The Balaban J connectivity index is 1.60. The molecule has 0 saturated carbocycles. The number of Topliss-reactive ketones (excluding diaryl/α,β-unsaturated/α-hetero) is 1. The molecule has 1 atom stereocenters. The van der Waals surface area contributed by atoms with Gasteiger partial charge < -0.3 is 20.1 Å². The van der Waals surface area contributed by atoms with Gasteiger partial charge >= 0.3 is 0 Å². The number of rotatable bonds is 3. The normalized spacial score (nSPS) is 21.0. The van der Waals surface area contributed by atoms with Crippen LogP contribution in [0.25, 0.3) is 0 Å². The number of benzene rings is 1. The summed E-state index contributed by atoms with van der Waals surface area (Å²) in [5.41, 5.74) is 3.41. The summed E-state index contributed by atoms with van der Waals surface area (Å²) in [5, 5.41) is 6.27. The average molecular weight is 510 g/mol. The number of nitrogens with zero attached hydrogens (tertiary/aromatic N) is 1. The van der Waals surface area contributed by atoms with Crippen molar-refractivity contribution in [3.63, 3.8) is 0 Å². The lowest BCUT2D eigenvalue weighted by molar-refractivity contribution is -0.118. The van der Waals surface area contributed by atoms with Crippen molar-refractivity contribution in [1.29, 1.82) is 0 Å². The molecule has 0 bridgehead atoms. The molecule has 0 fully saturated rings. The van der Waals surface area contributed by atoms with E-state index in [9.17, 15) is 9.59 Å². The van der Waals surface area contributed by atoms with Gasteiger partial charge in [0.2, 0.25) is 6.79 Å². The lowest BCUT2D eigenvalue weighted by Crippen LogP contribution is -2.39. The molecular weight excluding hydrogens is 486 g/mol. The van der Waals surface area contributed by atoms with Crippen molar-refractivity contribution in [2.75, 3.05) is 12.1 Å². The van der Waals surface area contributed by atoms with Crippen molar-refractivity contribution in [1.82, 2.24) is 10.3 Å². The van der Waals surface area contributed by atoms with Crippen LogP contribution >= 0.6 is 15.9 Å². The minimum Gasteiger partial charge on any atom is -0.454 e. The predicted molar refractivity (Wildman–Crippen MR) is 127 cm³/mol. The van der Waals surface area contributed by atoms with Crippen molar-refractivity contribution >= 4 is 33.4 Å². The molecule has 1 amide bonds. The minimum absolute atomic E-state index is 0.0518. The Bertz CT molecular complexity index is 1230. The Kier molecular flexibility index (Phi) is 5.28. The fraction of sp³-hybridized carbons (Fsp3) is 0.320. The van der Waals surface area contributed by atoms with E-state index in [-0.39, 0.29) is 23.9 Å². The van der Waals surface area contributed by atoms with Crippen LogP contribution in [-0.4, -0.2) is 23.5 Å². The molecule has 8 heteroatoms. The molecule has 2 aliphatic heterocycles. The summed E-state index contributed by atoms with van der Waals surface area (Å²) in [6, 6.07) is 9.14. The monoisotopic (exact) mass is 509 g/mol. The summed E-state index contributed by atoms with van der Waals surface area (Å²) in [6.45, 7) is 6.21. The largest absolute Gasteiger partial charge is 0.454 e. The van der Waals surface area contributed by atoms with Gasteiger partial charge in [-0.15, -0.1) is 0 Å². The van der Waals surface area contributed by atoms with Crippen molar-refractivity contribution in [3.8, 4) is 11.5 Å². The van der Waals surface area contributed by atoms with Gasteiger partial charge in [0.05, 0.1) is 0 Å². The zero-order valence-electron chi connectivity index (χ0n) is 18.6. The Morgan fingerprint density at radius 3 is 2.73 bits per heavy atom. The third-order valence-corrected chi connectivity index (χ3v) is 6.65. The highest BCUT2D eigenvalue weighted by molar-refractivity contribution is 9.10. The minimum atomic E-state index is -0.519. The summed E-state index contributed by atoms with van der Waals surface area (Å²) in [5.74, 6) is 0.934. The second kappa shape index (κ2) is 8.02. The van der Waals surface area contributed by atoms with Crippen LogP contribution in [0.4, 0.5) is 5.82 Å². The van der Waals surface area contributed by atoms with Crippen molar-refractivity contribution in [2.45, 2.75) is 39.5 Å². The first-order valence-electron chi connectivity index (χ1n) is 10.8. The van der Waals surface area contributed by atoms with Crippen molar-refractivity contribution in [3.05, 3.63) is 69.1 Å². The molecule has 33 heavy (non-hydrogen) atoms. The van der Waals surface area contributed by atoms with Crippen LogP contribution in [0.5, 0.6) is 11.5 Å². The van der Waals surface area contributed by atoms with E-state index in [4.69, 9.17) is 9.47 Å². The fourth-order valence-electron chi connectivity index (χ4n) is 4.80. The molecule has 170 valence electrons. The van der Waals surface area contributed by atoms with Crippen LogP contribution in [0.3, 0.4) is 0 Å². The predicted octanol–water partition coefficient (Wildman–Crippen LogP) is 4.82. The van der Waals surface area contributed by atoms with Gasteiger partial charge in [0, 0.05) is 45.5 Å². The number of ketones is 1. The molecule has 0 radical (unpaired) electrons. The molecular formula is C25H24BrN3O4. The highest BCUT2D eigenvalue weighted by Gasteiger charge is 2.43. The van der Waals surface area contributed by atoms with Gasteiger partial charge in [-0.2, -0.15) is 0 Å². The maximum Gasteiger partial charge on any atom is 0.255 e. The number of carbonyl (C=O) groups excluding carboxylic acids is 2. The molecule has 0 saturated heterocycles. The summed E-state index contributed by atoms with van der Waals surface area (Å²) in [6.07, 6.45) is 2.78. The first-order chi connectivity index (χ1) is 15.7. The summed E-state index contributed by atoms with van der Waals surface area (Å²) >= 11 is 3.36. The third-order valence-electron chi connectivity index (χ3n) is 6.18. The van der Waals surface area contributed by atoms with Gasteiger partial charge in [-0.3, -0.25) is 9.59 Å². The molecule has 1 aromatic heterocycles. The second-order valence-corrected chi connectivity index (χ2v) is 10.3. The van der Waals surface area contributed by atoms with Gasteiger partial charge in [-0.1, -0.05) is 19.9 Å².